The highest BCUT2D eigenvalue weighted by atomic mass is 16.1. The number of aryl methyl sites for hydroxylation is 2. The van der Waals surface area contributed by atoms with Crippen LogP contribution < -0.4 is 5.32 Å². The van der Waals surface area contributed by atoms with Crippen LogP contribution >= 0.6 is 0 Å². The van der Waals surface area contributed by atoms with Crippen LogP contribution in [0.4, 0.5) is 0 Å². The molecule has 0 bridgehead atoms. The largest absolute Gasteiger partial charge is 0.358 e. The van der Waals surface area contributed by atoms with Gasteiger partial charge in [0.15, 0.2) is 0 Å². The van der Waals surface area contributed by atoms with E-state index in [4.69, 9.17) is 0 Å². The second-order valence-corrected chi connectivity index (χ2v) is 6.71. The fraction of sp³-hybridized carbons (Fsp3) is 0.286. The lowest BCUT2D eigenvalue weighted by molar-refractivity contribution is -0.125. The molecule has 3 aromatic rings. The van der Waals surface area contributed by atoms with Crippen molar-refractivity contribution in [3.8, 4) is 0 Å². The van der Waals surface area contributed by atoms with E-state index in [1.54, 1.807) is 0 Å². The van der Waals surface area contributed by atoms with Crippen molar-refractivity contribution < 1.29 is 4.79 Å². The number of hydrogen-bond donors (Lipinski definition) is 2. The molecule has 1 amide bonds. The van der Waals surface area contributed by atoms with Gasteiger partial charge >= 0.3 is 0 Å². The van der Waals surface area contributed by atoms with Crippen LogP contribution in [0.25, 0.3) is 10.9 Å². The summed E-state index contributed by atoms with van der Waals surface area (Å²) in [7, 11) is 0. The summed E-state index contributed by atoms with van der Waals surface area (Å²) >= 11 is 0. The molecule has 1 atom stereocenters. The van der Waals surface area contributed by atoms with Gasteiger partial charge in [-0.15, -0.1) is 0 Å². The number of aromatic nitrogens is 1. The van der Waals surface area contributed by atoms with Crippen molar-refractivity contribution in [2.45, 2.75) is 32.7 Å². The monoisotopic (exact) mass is 318 g/mol. The van der Waals surface area contributed by atoms with Crippen LogP contribution in [0.15, 0.2) is 48.5 Å². The van der Waals surface area contributed by atoms with Crippen molar-refractivity contribution in [2.75, 3.05) is 0 Å². The van der Waals surface area contributed by atoms with Crippen LogP contribution in [0, 0.1) is 12.8 Å². The van der Waals surface area contributed by atoms with E-state index in [0.717, 1.165) is 19.3 Å². The van der Waals surface area contributed by atoms with Crippen LogP contribution in [0.3, 0.4) is 0 Å². The maximum atomic E-state index is 12.6. The van der Waals surface area contributed by atoms with Gasteiger partial charge in [0, 0.05) is 29.1 Å². The zero-order chi connectivity index (χ0) is 16.5. The Bertz CT molecular complexity index is 894. The number of benzene rings is 2. The highest BCUT2D eigenvalue weighted by Gasteiger charge is 2.27. The van der Waals surface area contributed by atoms with E-state index in [9.17, 15) is 4.79 Å². The summed E-state index contributed by atoms with van der Waals surface area (Å²) in [5, 5.41) is 4.40. The summed E-state index contributed by atoms with van der Waals surface area (Å²) in [6.07, 6.45) is 2.70. The minimum Gasteiger partial charge on any atom is -0.358 e. The summed E-state index contributed by atoms with van der Waals surface area (Å²) in [6, 6.07) is 16.6. The molecule has 24 heavy (non-hydrogen) atoms. The van der Waals surface area contributed by atoms with Gasteiger partial charge < -0.3 is 10.3 Å². The number of H-pyrrole nitrogens is 1. The zero-order valence-corrected chi connectivity index (χ0v) is 13.9. The Morgan fingerprint density at radius 1 is 1.17 bits per heavy atom. The van der Waals surface area contributed by atoms with E-state index in [-0.39, 0.29) is 11.8 Å². The fourth-order valence-corrected chi connectivity index (χ4v) is 3.73. The molecular formula is C21H22N2O. The Balaban J connectivity index is 1.48. The molecule has 1 aliphatic rings. The Morgan fingerprint density at radius 2 is 1.96 bits per heavy atom. The first-order chi connectivity index (χ1) is 11.7. The second-order valence-electron chi connectivity index (χ2n) is 6.71. The first kappa shape index (κ1) is 15.0. The van der Waals surface area contributed by atoms with E-state index in [0.29, 0.717) is 6.54 Å². The highest BCUT2D eigenvalue weighted by Crippen LogP contribution is 2.31. The van der Waals surface area contributed by atoms with E-state index < -0.39 is 0 Å². The molecule has 2 aromatic carbocycles. The molecule has 0 saturated carbocycles. The van der Waals surface area contributed by atoms with Gasteiger partial charge in [-0.2, -0.15) is 0 Å². The van der Waals surface area contributed by atoms with Gasteiger partial charge in [0.2, 0.25) is 5.91 Å². The summed E-state index contributed by atoms with van der Waals surface area (Å²) in [6.45, 7) is 2.70. The number of amides is 1. The number of aromatic amines is 1. The Kier molecular flexibility index (Phi) is 3.85. The summed E-state index contributed by atoms with van der Waals surface area (Å²) in [4.78, 5) is 16.1. The van der Waals surface area contributed by atoms with Gasteiger partial charge in [-0.1, -0.05) is 42.5 Å². The molecule has 0 spiro atoms. The van der Waals surface area contributed by atoms with Gasteiger partial charge in [-0.25, -0.2) is 0 Å². The Morgan fingerprint density at radius 3 is 2.83 bits per heavy atom. The minimum atomic E-state index is 0.0701. The lowest BCUT2D eigenvalue weighted by Crippen LogP contribution is -2.33. The van der Waals surface area contributed by atoms with Gasteiger partial charge in [-0.3, -0.25) is 4.79 Å². The molecule has 3 heteroatoms. The standard InChI is InChI=1S/C21H22N2O/c1-14-6-2-3-7-16(14)13-22-21(24)15-10-11-20-18(12-15)17-8-4-5-9-19(17)23-20/h2-9,15,23H,10-13H2,1H3,(H,22,24). The minimum absolute atomic E-state index is 0.0701. The third-order valence-corrected chi connectivity index (χ3v) is 5.18. The molecule has 1 unspecified atom stereocenters. The van der Waals surface area contributed by atoms with Gasteiger partial charge in [0.05, 0.1) is 0 Å². The molecule has 1 aromatic heterocycles. The Hall–Kier alpha value is -2.55. The van der Waals surface area contributed by atoms with Crippen molar-refractivity contribution in [2.24, 2.45) is 5.92 Å². The Labute approximate surface area is 142 Å². The lowest BCUT2D eigenvalue weighted by Gasteiger charge is -2.22. The van der Waals surface area contributed by atoms with E-state index in [1.165, 1.54) is 33.3 Å². The third kappa shape index (κ3) is 2.71. The van der Waals surface area contributed by atoms with Gasteiger partial charge in [0.1, 0.15) is 0 Å². The quantitative estimate of drug-likeness (QED) is 0.756. The average Bonchev–Trinajstić information content (AvgIpc) is 2.98. The summed E-state index contributed by atoms with van der Waals surface area (Å²) in [5.74, 6) is 0.245. The van der Waals surface area contributed by atoms with Crippen LogP contribution in [-0.4, -0.2) is 10.9 Å². The summed E-state index contributed by atoms with van der Waals surface area (Å²) < 4.78 is 0. The molecule has 0 saturated heterocycles. The van der Waals surface area contributed by atoms with Crippen molar-refractivity contribution >= 4 is 16.8 Å². The predicted molar refractivity (Wildman–Crippen MR) is 96.8 cm³/mol. The van der Waals surface area contributed by atoms with Crippen molar-refractivity contribution in [1.82, 2.24) is 10.3 Å². The fourth-order valence-electron chi connectivity index (χ4n) is 3.73. The molecule has 122 valence electrons. The molecule has 0 aliphatic heterocycles. The van der Waals surface area contributed by atoms with Gasteiger partial charge in [-0.05, 0) is 48.9 Å². The van der Waals surface area contributed by atoms with Gasteiger partial charge in [0.25, 0.3) is 0 Å². The number of carbonyl (C=O) groups excluding carboxylic acids is 1. The average molecular weight is 318 g/mol. The molecule has 0 radical (unpaired) electrons. The van der Waals surface area contributed by atoms with Crippen LogP contribution in [0.1, 0.15) is 28.8 Å². The van der Waals surface area contributed by atoms with Crippen LogP contribution in [-0.2, 0) is 24.2 Å². The first-order valence-corrected chi connectivity index (χ1v) is 8.63. The molecule has 4 rings (SSSR count). The lowest BCUT2D eigenvalue weighted by atomic mass is 9.86. The van der Waals surface area contributed by atoms with Crippen molar-refractivity contribution in [1.29, 1.82) is 0 Å². The maximum absolute atomic E-state index is 12.6. The predicted octanol–water partition coefficient (Wildman–Crippen LogP) is 3.90. The first-order valence-electron chi connectivity index (χ1n) is 8.63. The number of rotatable bonds is 3. The van der Waals surface area contributed by atoms with Crippen LogP contribution in [0.5, 0.6) is 0 Å². The highest BCUT2D eigenvalue weighted by molar-refractivity contribution is 5.87. The zero-order valence-electron chi connectivity index (χ0n) is 13.9. The van der Waals surface area contributed by atoms with E-state index >= 15 is 0 Å². The number of carbonyl (C=O) groups is 1. The summed E-state index contributed by atoms with van der Waals surface area (Å²) in [5.41, 5.74) is 6.23. The normalized spacial score (nSPS) is 16.8. The molecule has 0 fully saturated rings. The third-order valence-electron chi connectivity index (χ3n) is 5.18. The maximum Gasteiger partial charge on any atom is 0.223 e. The number of nitrogens with one attached hydrogen (secondary N) is 2. The van der Waals surface area contributed by atoms with Crippen molar-refractivity contribution in [3.05, 3.63) is 70.9 Å². The van der Waals surface area contributed by atoms with E-state index in [2.05, 4.69) is 53.6 Å². The van der Waals surface area contributed by atoms with Crippen molar-refractivity contribution in [3.63, 3.8) is 0 Å². The molecule has 3 nitrogen and oxygen atoms in total. The molecular weight excluding hydrogens is 296 g/mol. The molecule has 1 heterocycles. The van der Waals surface area contributed by atoms with E-state index in [1.807, 2.05) is 12.1 Å². The molecule has 2 N–H and O–H groups in total. The van der Waals surface area contributed by atoms with Crippen LogP contribution in [0.2, 0.25) is 0 Å². The SMILES string of the molecule is Cc1ccccc1CNC(=O)C1CCc2[nH]c3ccccc3c2C1. The molecule has 1 aliphatic carbocycles. The number of fused-ring (bicyclic) bond motifs is 3. The number of hydrogen-bond acceptors (Lipinski definition) is 1. The second kappa shape index (κ2) is 6.16. The topological polar surface area (TPSA) is 44.9 Å². The number of para-hydroxylation sites is 1. The smallest absolute Gasteiger partial charge is 0.223 e.